The zero-order valence-corrected chi connectivity index (χ0v) is 11.3. The summed E-state index contributed by atoms with van der Waals surface area (Å²) in [6, 6.07) is 6.82. The lowest BCUT2D eigenvalue weighted by Gasteiger charge is -2.04. The average Bonchev–Trinajstić information content (AvgIpc) is 2.78. The van der Waals surface area contributed by atoms with E-state index in [-0.39, 0.29) is 0 Å². The predicted molar refractivity (Wildman–Crippen MR) is 75.0 cm³/mol. The topological polar surface area (TPSA) is 67.9 Å². The first-order valence-corrected chi connectivity index (χ1v) is 6.29. The standard InChI is InChI=1S/C14H10ClN3O2/c1-8-17-12-4-2-3-11(13(12)18-8)14(19)20-10-5-9(15)6-16-7-10/h2-7H,1H3,(H,17,18). The van der Waals surface area contributed by atoms with Crippen LogP contribution in [0.3, 0.4) is 0 Å². The molecule has 2 aromatic heterocycles. The number of rotatable bonds is 2. The van der Waals surface area contributed by atoms with Crippen LogP contribution in [0.2, 0.25) is 5.02 Å². The molecule has 0 saturated carbocycles. The molecule has 1 aromatic carbocycles. The zero-order valence-electron chi connectivity index (χ0n) is 10.6. The van der Waals surface area contributed by atoms with Crippen LogP contribution in [0.4, 0.5) is 0 Å². The van der Waals surface area contributed by atoms with Crippen molar-refractivity contribution in [2.24, 2.45) is 0 Å². The van der Waals surface area contributed by atoms with Gasteiger partial charge in [-0.2, -0.15) is 0 Å². The third-order valence-electron chi connectivity index (χ3n) is 2.74. The molecule has 6 heteroatoms. The van der Waals surface area contributed by atoms with Crippen LogP contribution < -0.4 is 4.74 Å². The molecule has 5 nitrogen and oxygen atoms in total. The van der Waals surface area contributed by atoms with E-state index < -0.39 is 5.97 Å². The monoisotopic (exact) mass is 287 g/mol. The number of hydrogen-bond acceptors (Lipinski definition) is 4. The Labute approximate surface area is 119 Å². The van der Waals surface area contributed by atoms with E-state index in [0.717, 1.165) is 11.3 Å². The van der Waals surface area contributed by atoms with E-state index in [4.69, 9.17) is 16.3 Å². The number of nitrogens with zero attached hydrogens (tertiary/aromatic N) is 2. The minimum atomic E-state index is -0.494. The summed E-state index contributed by atoms with van der Waals surface area (Å²) < 4.78 is 5.26. The van der Waals surface area contributed by atoms with Crippen LogP contribution in [0.5, 0.6) is 5.75 Å². The molecule has 1 N–H and O–H groups in total. The van der Waals surface area contributed by atoms with Crippen LogP contribution in [0.1, 0.15) is 16.2 Å². The summed E-state index contributed by atoms with van der Waals surface area (Å²) in [6.07, 6.45) is 2.90. The van der Waals surface area contributed by atoms with Crippen molar-refractivity contribution in [1.82, 2.24) is 15.0 Å². The highest BCUT2D eigenvalue weighted by molar-refractivity contribution is 6.30. The normalized spacial score (nSPS) is 10.7. The number of nitrogens with one attached hydrogen (secondary N) is 1. The fourth-order valence-corrected chi connectivity index (χ4v) is 2.09. The van der Waals surface area contributed by atoms with Gasteiger partial charge in [0, 0.05) is 12.3 Å². The number of carbonyl (C=O) groups excluding carboxylic acids is 1. The summed E-state index contributed by atoms with van der Waals surface area (Å²) in [5, 5.41) is 0.407. The molecule has 3 rings (SSSR count). The lowest BCUT2D eigenvalue weighted by atomic mass is 10.2. The highest BCUT2D eigenvalue weighted by Gasteiger charge is 2.15. The second-order valence-electron chi connectivity index (χ2n) is 4.25. The van der Waals surface area contributed by atoms with E-state index in [0.29, 0.717) is 21.9 Å². The van der Waals surface area contributed by atoms with E-state index in [9.17, 15) is 4.79 Å². The first-order valence-electron chi connectivity index (χ1n) is 5.91. The van der Waals surface area contributed by atoms with Gasteiger partial charge in [-0.15, -0.1) is 0 Å². The maximum atomic E-state index is 12.2. The van der Waals surface area contributed by atoms with Gasteiger partial charge >= 0.3 is 5.97 Å². The number of hydrogen-bond donors (Lipinski definition) is 1. The number of fused-ring (bicyclic) bond motifs is 1. The molecule has 0 amide bonds. The van der Waals surface area contributed by atoms with Crippen LogP contribution in [0.25, 0.3) is 11.0 Å². The SMILES string of the molecule is Cc1nc2c(C(=O)Oc3cncc(Cl)c3)cccc2[nH]1. The van der Waals surface area contributed by atoms with E-state index in [1.807, 2.05) is 13.0 Å². The second kappa shape index (κ2) is 4.94. The number of halogens is 1. The maximum Gasteiger partial charge on any atom is 0.345 e. The van der Waals surface area contributed by atoms with Crippen LogP contribution >= 0.6 is 11.6 Å². The number of benzene rings is 1. The Morgan fingerprint density at radius 2 is 2.20 bits per heavy atom. The third kappa shape index (κ3) is 2.35. The number of esters is 1. The summed E-state index contributed by atoms with van der Waals surface area (Å²) in [5.41, 5.74) is 1.78. The summed E-state index contributed by atoms with van der Waals surface area (Å²) in [7, 11) is 0. The highest BCUT2D eigenvalue weighted by Crippen LogP contribution is 2.20. The van der Waals surface area contributed by atoms with Gasteiger partial charge in [-0.05, 0) is 19.1 Å². The Hall–Kier alpha value is -2.40. The molecule has 0 aliphatic rings. The predicted octanol–water partition coefficient (Wildman–Crippen LogP) is 3.14. The quantitative estimate of drug-likeness (QED) is 0.735. The Balaban J connectivity index is 1.96. The molecule has 0 atom stereocenters. The van der Waals surface area contributed by atoms with Gasteiger partial charge in [-0.3, -0.25) is 4.98 Å². The number of para-hydroxylation sites is 1. The van der Waals surface area contributed by atoms with Crippen LogP contribution in [-0.2, 0) is 0 Å². The largest absolute Gasteiger partial charge is 0.421 e. The lowest BCUT2D eigenvalue weighted by Crippen LogP contribution is -2.09. The Morgan fingerprint density at radius 3 is 3.00 bits per heavy atom. The minimum Gasteiger partial charge on any atom is -0.421 e. The van der Waals surface area contributed by atoms with Crippen molar-refractivity contribution >= 4 is 28.6 Å². The number of pyridine rings is 1. The molecule has 0 unspecified atom stereocenters. The van der Waals surface area contributed by atoms with Gasteiger partial charge in [-0.25, -0.2) is 9.78 Å². The fourth-order valence-electron chi connectivity index (χ4n) is 1.93. The molecule has 0 aliphatic heterocycles. The number of carbonyl (C=O) groups is 1. The average molecular weight is 288 g/mol. The third-order valence-corrected chi connectivity index (χ3v) is 2.95. The van der Waals surface area contributed by atoms with Crippen molar-refractivity contribution in [3.63, 3.8) is 0 Å². The van der Waals surface area contributed by atoms with Crippen LogP contribution in [0, 0.1) is 6.92 Å². The Kier molecular flexibility index (Phi) is 3.12. The second-order valence-corrected chi connectivity index (χ2v) is 4.69. The first-order chi connectivity index (χ1) is 9.63. The van der Waals surface area contributed by atoms with Gasteiger partial charge in [-0.1, -0.05) is 17.7 Å². The molecule has 100 valence electrons. The molecule has 0 bridgehead atoms. The molecular formula is C14H10ClN3O2. The number of ether oxygens (including phenoxy) is 1. The number of aryl methyl sites for hydroxylation is 1. The van der Waals surface area contributed by atoms with E-state index in [2.05, 4.69) is 15.0 Å². The number of H-pyrrole nitrogens is 1. The van der Waals surface area contributed by atoms with E-state index in [1.165, 1.54) is 18.5 Å². The van der Waals surface area contributed by atoms with Crippen molar-refractivity contribution in [1.29, 1.82) is 0 Å². The van der Waals surface area contributed by atoms with Crippen LogP contribution in [0.15, 0.2) is 36.7 Å². The summed E-state index contributed by atoms with van der Waals surface area (Å²) >= 11 is 5.80. The van der Waals surface area contributed by atoms with Crippen molar-refractivity contribution in [3.8, 4) is 5.75 Å². The number of aromatic nitrogens is 3. The van der Waals surface area contributed by atoms with Gasteiger partial charge < -0.3 is 9.72 Å². The molecule has 0 radical (unpaired) electrons. The van der Waals surface area contributed by atoms with Gasteiger partial charge in [0.2, 0.25) is 0 Å². The molecular weight excluding hydrogens is 278 g/mol. The Bertz CT molecular complexity index is 798. The minimum absolute atomic E-state index is 0.298. The van der Waals surface area contributed by atoms with E-state index in [1.54, 1.807) is 12.1 Å². The first kappa shape index (κ1) is 12.6. The van der Waals surface area contributed by atoms with Crippen LogP contribution in [-0.4, -0.2) is 20.9 Å². The van der Waals surface area contributed by atoms with Gasteiger partial charge in [0.25, 0.3) is 0 Å². The van der Waals surface area contributed by atoms with Gasteiger partial charge in [0.15, 0.2) is 5.75 Å². The summed E-state index contributed by atoms with van der Waals surface area (Å²) in [6.45, 7) is 1.83. The number of imidazole rings is 1. The summed E-state index contributed by atoms with van der Waals surface area (Å²) in [5.74, 6) is 0.544. The van der Waals surface area contributed by atoms with Gasteiger partial charge in [0.1, 0.15) is 11.3 Å². The molecule has 20 heavy (non-hydrogen) atoms. The van der Waals surface area contributed by atoms with Crippen molar-refractivity contribution in [2.75, 3.05) is 0 Å². The lowest BCUT2D eigenvalue weighted by molar-refractivity contribution is 0.0736. The molecule has 0 aliphatic carbocycles. The molecule has 0 fully saturated rings. The highest BCUT2D eigenvalue weighted by atomic mass is 35.5. The maximum absolute atomic E-state index is 12.2. The molecule has 0 spiro atoms. The smallest absolute Gasteiger partial charge is 0.345 e. The van der Waals surface area contributed by atoms with Crippen molar-refractivity contribution in [2.45, 2.75) is 6.92 Å². The molecule has 0 saturated heterocycles. The zero-order chi connectivity index (χ0) is 14.1. The van der Waals surface area contributed by atoms with Crippen molar-refractivity contribution < 1.29 is 9.53 Å². The molecule has 2 heterocycles. The molecule has 3 aromatic rings. The van der Waals surface area contributed by atoms with E-state index >= 15 is 0 Å². The fraction of sp³-hybridized carbons (Fsp3) is 0.0714. The summed E-state index contributed by atoms with van der Waals surface area (Å²) in [4.78, 5) is 23.4. The number of aromatic amines is 1. The van der Waals surface area contributed by atoms with Crippen molar-refractivity contribution in [3.05, 3.63) is 53.1 Å². The van der Waals surface area contributed by atoms with Gasteiger partial charge in [0.05, 0.1) is 22.3 Å². The Morgan fingerprint density at radius 1 is 1.35 bits per heavy atom.